The highest BCUT2D eigenvalue weighted by Gasteiger charge is 2.38. The molecule has 0 saturated carbocycles. The van der Waals surface area contributed by atoms with Gasteiger partial charge in [-0.25, -0.2) is 18.2 Å². The highest BCUT2D eigenvalue weighted by atomic mass is 19.4. The number of nitrogens with one attached hydrogen (secondary N) is 1. The van der Waals surface area contributed by atoms with Crippen molar-refractivity contribution in [3.63, 3.8) is 0 Å². The van der Waals surface area contributed by atoms with Crippen LogP contribution in [-0.2, 0) is 12.8 Å². The van der Waals surface area contributed by atoms with Crippen molar-refractivity contribution in [3.8, 4) is 5.69 Å². The van der Waals surface area contributed by atoms with Gasteiger partial charge in [0.1, 0.15) is 11.4 Å². The number of hydrogen-bond donors (Lipinski definition) is 2. The standard InChI is InChI=1S/C22H13F6N3O2/c23-14-6-7-15(24)19(25)18(14)20(33)29-12-2-4-13(5-3-12)31-17-8-1-11(10-32)9-16(17)30-21(31)22(26,27)28/h1-9,32H,10H2,(H,29,33). The molecule has 0 bridgehead atoms. The summed E-state index contributed by atoms with van der Waals surface area (Å²) in [6, 6.07) is 10.2. The predicted molar refractivity (Wildman–Crippen MR) is 106 cm³/mol. The molecule has 0 spiro atoms. The van der Waals surface area contributed by atoms with Crippen LogP contribution in [0.25, 0.3) is 16.7 Å². The van der Waals surface area contributed by atoms with E-state index >= 15 is 0 Å². The van der Waals surface area contributed by atoms with Gasteiger partial charge in [0.15, 0.2) is 11.6 Å². The van der Waals surface area contributed by atoms with Crippen LogP contribution < -0.4 is 5.32 Å². The number of aromatic nitrogens is 2. The van der Waals surface area contributed by atoms with Crippen molar-refractivity contribution in [2.75, 3.05) is 5.32 Å². The molecule has 1 amide bonds. The van der Waals surface area contributed by atoms with Gasteiger partial charge in [0.05, 0.1) is 17.6 Å². The van der Waals surface area contributed by atoms with Crippen molar-refractivity contribution >= 4 is 22.6 Å². The normalized spacial score (nSPS) is 11.7. The van der Waals surface area contributed by atoms with E-state index in [0.717, 1.165) is 4.57 Å². The zero-order valence-electron chi connectivity index (χ0n) is 16.4. The third-order valence-electron chi connectivity index (χ3n) is 4.81. The molecule has 11 heteroatoms. The lowest BCUT2D eigenvalue weighted by molar-refractivity contribution is -0.145. The third-order valence-corrected chi connectivity index (χ3v) is 4.81. The first-order valence-corrected chi connectivity index (χ1v) is 9.35. The molecular formula is C22H13F6N3O2. The van der Waals surface area contributed by atoms with Crippen molar-refractivity contribution in [1.29, 1.82) is 0 Å². The second-order valence-corrected chi connectivity index (χ2v) is 6.97. The van der Waals surface area contributed by atoms with Crippen molar-refractivity contribution < 1.29 is 36.2 Å². The minimum Gasteiger partial charge on any atom is -0.392 e. The highest BCUT2D eigenvalue weighted by Crippen LogP contribution is 2.34. The molecule has 0 saturated heterocycles. The summed E-state index contributed by atoms with van der Waals surface area (Å²) in [4.78, 5) is 15.8. The second kappa shape index (κ2) is 8.24. The molecule has 0 radical (unpaired) electrons. The topological polar surface area (TPSA) is 67.2 Å². The molecule has 0 aliphatic carbocycles. The van der Waals surface area contributed by atoms with Crippen LogP contribution in [0.3, 0.4) is 0 Å². The number of alkyl halides is 3. The molecule has 0 atom stereocenters. The van der Waals surface area contributed by atoms with E-state index in [-0.39, 0.29) is 29.0 Å². The average molecular weight is 465 g/mol. The summed E-state index contributed by atoms with van der Waals surface area (Å²) in [5, 5.41) is 11.4. The van der Waals surface area contributed by atoms with Crippen LogP contribution >= 0.6 is 0 Å². The first-order chi connectivity index (χ1) is 15.6. The summed E-state index contributed by atoms with van der Waals surface area (Å²) in [6.45, 7) is -0.370. The van der Waals surface area contributed by atoms with Crippen molar-refractivity contribution in [1.82, 2.24) is 9.55 Å². The number of hydrogen-bond acceptors (Lipinski definition) is 3. The molecule has 170 valence electrons. The van der Waals surface area contributed by atoms with E-state index in [2.05, 4.69) is 10.3 Å². The molecule has 5 nitrogen and oxygen atoms in total. The molecule has 1 aromatic heterocycles. The number of imidazole rings is 1. The monoisotopic (exact) mass is 465 g/mol. The number of benzene rings is 3. The Morgan fingerprint density at radius 2 is 1.64 bits per heavy atom. The molecule has 1 heterocycles. The first kappa shape index (κ1) is 22.3. The Morgan fingerprint density at radius 3 is 2.27 bits per heavy atom. The lowest BCUT2D eigenvalue weighted by Gasteiger charge is -2.13. The average Bonchev–Trinajstić information content (AvgIpc) is 3.16. The smallest absolute Gasteiger partial charge is 0.392 e. The molecule has 0 aliphatic rings. The minimum absolute atomic E-state index is 0.00681. The maximum atomic E-state index is 13.8. The van der Waals surface area contributed by atoms with Gasteiger partial charge >= 0.3 is 6.18 Å². The molecule has 4 aromatic rings. The fourth-order valence-electron chi connectivity index (χ4n) is 3.30. The number of halogens is 6. The Bertz CT molecular complexity index is 1360. The summed E-state index contributed by atoms with van der Waals surface area (Å²) in [5.74, 6) is -6.81. The fraction of sp³-hybridized carbons (Fsp3) is 0.0909. The molecule has 33 heavy (non-hydrogen) atoms. The Kier molecular flexibility index (Phi) is 5.58. The SMILES string of the molecule is O=C(Nc1ccc(-n2c(C(F)(F)F)nc3cc(CO)ccc32)cc1)c1c(F)ccc(F)c1F. The van der Waals surface area contributed by atoms with Gasteiger partial charge in [-0.15, -0.1) is 0 Å². The zero-order valence-corrected chi connectivity index (χ0v) is 16.4. The van der Waals surface area contributed by atoms with Crippen LogP contribution in [0.1, 0.15) is 21.7 Å². The maximum absolute atomic E-state index is 13.8. The van der Waals surface area contributed by atoms with E-state index in [1.54, 1.807) is 0 Å². The van der Waals surface area contributed by atoms with E-state index in [0.29, 0.717) is 17.7 Å². The number of aliphatic hydroxyl groups excluding tert-OH is 1. The number of carbonyl (C=O) groups is 1. The number of aliphatic hydroxyl groups is 1. The first-order valence-electron chi connectivity index (χ1n) is 9.35. The largest absolute Gasteiger partial charge is 0.450 e. The number of amides is 1. The van der Waals surface area contributed by atoms with Crippen molar-refractivity contribution in [2.24, 2.45) is 0 Å². The number of fused-ring (bicyclic) bond motifs is 1. The minimum atomic E-state index is -4.79. The summed E-state index contributed by atoms with van der Waals surface area (Å²) in [7, 11) is 0. The Balaban J connectivity index is 1.71. The van der Waals surface area contributed by atoms with Gasteiger partial charge in [-0.05, 0) is 54.1 Å². The molecule has 4 rings (SSSR count). The van der Waals surface area contributed by atoms with Crippen LogP contribution in [0.2, 0.25) is 0 Å². The third kappa shape index (κ3) is 4.14. The fourth-order valence-corrected chi connectivity index (χ4v) is 3.30. The van der Waals surface area contributed by atoms with E-state index in [1.165, 1.54) is 42.5 Å². The molecule has 0 aliphatic heterocycles. The number of carbonyl (C=O) groups excluding carboxylic acids is 1. The van der Waals surface area contributed by atoms with Gasteiger partial charge in [0.25, 0.3) is 5.91 Å². The lowest BCUT2D eigenvalue weighted by Crippen LogP contribution is -2.17. The number of rotatable bonds is 4. The van der Waals surface area contributed by atoms with Gasteiger partial charge in [0.2, 0.25) is 5.82 Å². The molecule has 2 N–H and O–H groups in total. The van der Waals surface area contributed by atoms with Gasteiger partial charge < -0.3 is 10.4 Å². The Hall–Kier alpha value is -3.86. The van der Waals surface area contributed by atoms with Crippen LogP contribution in [0.15, 0.2) is 54.6 Å². The van der Waals surface area contributed by atoms with E-state index < -0.39 is 40.9 Å². The molecular weight excluding hydrogens is 452 g/mol. The Morgan fingerprint density at radius 1 is 0.970 bits per heavy atom. The summed E-state index contributed by atoms with van der Waals surface area (Å²) in [6.07, 6.45) is -4.79. The van der Waals surface area contributed by atoms with Crippen molar-refractivity contribution in [3.05, 3.63) is 89.0 Å². The Labute approximate surface area is 181 Å². The highest BCUT2D eigenvalue weighted by molar-refractivity contribution is 6.04. The van der Waals surface area contributed by atoms with Gasteiger partial charge in [-0.3, -0.25) is 9.36 Å². The van der Waals surface area contributed by atoms with E-state index in [1.807, 2.05) is 0 Å². The quantitative estimate of drug-likeness (QED) is 0.321. The van der Waals surface area contributed by atoms with Crippen molar-refractivity contribution in [2.45, 2.75) is 12.8 Å². The van der Waals surface area contributed by atoms with Crippen LogP contribution in [0.4, 0.5) is 32.0 Å². The summed E-state index contributed by atoms with van der Waals surface area (Å²) < 4.78 is 82.6. The van der Waals surface area contributed by atoms with Gasteiger partial charge in [-0.1, -0.05) is 6.07 Å². The van der Waals surface area contributed by atoms with Crippen LogP contribution in [0, 0.1) is 17.5 Å². The summed E-state index contributed by atoms with van der Waals surface area (Å²) in [5.41, 5.74) is -0.548. The van der Waals surface area contributed by atoms with E-state index in [4.69, 9.17) is 0 Å². The second-order valence-electron chi connectivity index (χ2n) is 6.97. The zero-order chi connectivity index (χ0) is 23.9. The van der Waals surface area contributed by atoms with Gasteiger partial charge in [-0.2, -0.15) is 13.2 Å². The molecule has 0 unspecified atom stereocenters. The van der Waals surface area contributed by atoms with Crippen LogP contribution in [-0.4, -0.2) is 20.6 Å². The molecule has 3 aromatic carbocycles. The summed E-state index contributed by atoms with van der Waals surface area (Å²) >= 11 is 0. The molecule has 0 fully saturated rings. The van der Waals surface area contributed by atoms with Crippen LogP contribution in [0.5, 0.6) is 0 Å². The lowest BCUT2D eigenvalue weighted by atomic mass is 10.1. The number of anilines is 1. The predicted octanol–water partition coefficient (Wildman–Crippen LogP) is 5.21. The number of nitrogens with zero attached hydrogens (tertiary/aromatic N) is 2. The maximum Gasteiger partial charge on any atom is 0.450 e. The van der Waals surface area contributed by atoms with Gasteiger partial charge in [0, 0.05) is 11.4 Å². The van der Waals surface area contributed by atoms with E-state index in [9.17, 15) is 36.2 Å².